The Labute approximate surface area is 200 Å². The van der Waals surface area contributed by atoms with Crippen LogP contribution in [0.1, 0.15) is 5.76 Å². The first kappa shape index (κ1) is 24.1. The van der Waals surface area contributed by atoms with E-state index in [2.05, 4.69) is 0 Å². The lowest BCUT2D eigenvalue weighted by molar-refractivity contribution is -0.126. The average molecular weight is 517 g/mol. The Kier molecular flexibility index (Phi) is 6.86. The van der Waals surface area contributed by atoms with Crippen molar-refractivity contribution < 1.29 is 31.2 Å². The molecule has 2 aromatic carbocycles. The maximum absolute atomic E-state index is 14.0. The molecule has 0 radical (unpaired) electrons. The number of amides is 1. The Morgan fingerprint density at radius 1 is 0.853 bits per heavy atom. The standard InChI is InChI=1S/C23H15Cl2F5N2O2/c24-14-3-1-2-13(17(14)25)15-6-4-12(34-15)5-7-16(33)31-8-10-32(11-9-31)23-21(29)19(27)18(26)20(28)22(23)30/h1-7H,8-11H2/b7-5+. The SMILES string of the molecule is O=C(/C=C/c1ccc(-c2cccc(Cl)c2Cl)o1)N1CCN(c2c(F)c(F)c(F)c(F)c2F)CC1. The number of nitrogens with zero attached hydrogens (tertiary/aromatic N) is 2. The fourth-order valence-corrected chi connectivity index (χ4v) is 3.96. The quantitative estimate of drug-likeness (QED) is 0.176. The van der Waals surface area contributed by atoms with Gasteiger partial charge in [0.05, 0.1) is 10.0 Å². The zero-order valence-corrected chi connectivity index (χ0v) is 18.7. The van der Waals surface area contributed by atoms with Gasteiger partial charge in [-0.2, -0.15) is 0 Å². The van der Waals surface area contributed by atoms with Crippen LogP contribution in [0.5, 0.6) is 0 Å². The molecule has 4 nitrogen and oxygen atoms in total. The zero-order chi connectivity index (χ0) is 24.6. The number of hydrogen-bond donors (Lipinski definition) is 0. The molecule has 2 heterocycles. The van der Waals surface area contributed by atoms with Crippen molar-refractivity contribution in [2.45, 2.75) is 0 Å². The van der Waals surface area contributed by atoms with Crippen molar-refractivity contribution in [1.29, 1.82) is 0 Å². The zero-order valence-electron chi connectivity index (χ0n) is 17.2. The van der Waals surface area contributed by atoms with E-state index in [1.54, 1.807) is 30.3 Å². The van der Waals surface area contributed by atoms with E-state index >= 15 is 0 Å². The number of carbonyl (C=O) groups excluding carboxylic acids is 1. The Morgan fingerprint density at radius 3 is 2.12 bits per heavy atom. The summed E-state index contributed by atoms with van der Waals surface area (Å²) in [5.74, 6) is -9.60. The largest absolute Gasteiger partial charge is 0.457 e. The van der Waals surface area contributed by atoms with Gasteiger partial charge in [0.2, 0.25) is 11.7 Å². The molecule has 1 fully saturated rings. The molecule has 1 amide bonds. The van der Waals surface area contributed by atoms with Gasteiger partial charge in [0.25, 0.3) is 0 Å². The van der Waals surface area contributed by atoms with Crippen LogP contribution in [0.15, 0.2) is 40.8 Å². The summed E-state index contributed by atoms with van der Waals surface area (Å²) in [7, 11) is 0. The Hall–Kier alpha value is -3.04. The van der Waals surface area contributed by atoms with Crippen LogP contribution in [-0.2, 0) is 4.79 Å². The van der Waals surface area contributed by atoms with Gasteiger partial charge in [0.1, 0.15) is 17.2 Å². The second kappa shape index (κ2) is 9.68. The van der Waals surface area contributed by atoms with Crippen LogP contribution in [0.3, 0.4) is 0 Å². The summed E-state index contributed by atoms with van der Waals surface area (Å²) in [6, 6.07) is 8.40. The lowest BCUT2D eigenvalue weighted by Gasteiger charge is -2.36. The molecule has 0 aliphatic carbocycles. The molecule has 0 saturated carbocycles. The third kappa shape index (κ3) is 4.50. The molecule has 34 heavy (non-hydrogen) atoms. The van der Waals surface area contributed by atoms with Crippen LogP contribution in [-0.4, -0.2) is 37.0 Å². The number of carbonyl (C=O) groups is 1. The maximum Gasteiger partial charge on any atom is 0.246 e. The second-order valence-corrected chi connectivity index (χ2v) is 8.15. The summed E-state index contributed by atoms with van der Waals surface area (Å²) in [6.45, 7) is -0.194. The van der Waals surface area contributed by atoms with Crippen molar-refractivity contribution in [1.82, 2.24) is 4.90 Å². The summed E-state index contributed by atoms with van der Waals surface area (Å²) >= 11 is 12.2. The predicted molar refractivity (Wildman–Crippen MR) is 118 cm³/mol. The van der Waals surface area contributed by atoms with E-state index in [1.807, 2.05) is 0 Å². The van der Waals surface area contributed by atoms with E-state index in [9.17, 15) is 26.7 Å². The molecule has 0 spiro atoms. The minimum absolute atomic E-state index is 0.0181. The minimum Gasteiger partial charge on any atom is -0.457 e. The van der Waals surface area contributed by atoms with Gasteiger partial charge < -0.3 is 14.2 Å². The van der Waals surface area contributed by atoms with Gasteiger partial charge >= 0.3 is 0 Å². The van der Waals surface area contributed by atoms with Crippen molar-refractivity contribution in [2.75, 3.05) is 31.1 Å². The number of rotatable bonds is 4. The molecule has 1 saturated heterocycles. The van der Waals surface area contributed by atoms with Crippen LogP contribution in [0, 0.1) is 29.1 Å². The molecule has 1 aliphatic heterocycles. The molecule has 0 atom stereocenters. The van der Waals surface area contributed by atoms with Gasteiger partial charge in [0.15, 0.2) is 23.3 Å². The number of benzene rings is 2. The van der Waals surface area contributed by atoms with E-state index in [-0.39, 0.29) is 26.2 Å². The van der Waals surface area contributed by atoms with Crippen LogP contribution in [0.2, 0.25) is 10.0 Å². The summed E-state index contributed by atoms with van der Waals surface area (Å²) in [5.41, 5.74) is -0.411. The Balaban J connectivity index is 1.41. The van der Waals surface area contributed by atoms with Crippen molar-refractivity contribution in [3.05, 3.63) is 81.3 Å². The van der Waals surface area contributed by atoms with Gasteiger partial charge in [-0.05, 0) is 30.3 Å². The highest BCUT2D eigenvalue weighted by Crippen LogP contribution is 2.34. The third-order valence-corrected chi connectivity index (χ3v) is 6.15. The van der Waals surface area contributed by atoms with Crippen LogP contribution < -0.4 is 4.90 Å². The number of piperazine rings is 1. The van der Waals surface area contributed by atoms with Gasteiger partial charge in [-0.1, -0.05) is 29.3 Å². The summed E-state index contributed by atoms with van der Waals surface area (Å²) < 4.78 is 74.0. The van der Waals surface area contributed by atoms with Crippen LogP contribution in [0.4, 0.5) is 27.6 Å². The molecule has 0 unspecified atom stereocenters. The molecule has 11 heteroatoms. The van der Waals surface area contributed by atoms with E-state index in [0.717, 1.165) is 4.90 Å². The highest BCUT2D eigenvalue weighted by Gasteiger charge is 2.31. The van der Waals surface area contributed by atoms with Gasteiger partial charge in [-0.15, -0.1) is 0 Å². The number of hydrogen-bond acceptors (Lipinski definition) is 3. The Bertz CT molecular complexity index is 1260. The topological polar surface area (TPSA) is 36.7 Å². The molecule has 4 rings (SSSR count). The van der Waals surface area contributed by atoms with Crippen molar-refractivity contribution in [3.63, 3.8) is 0 Å². The summed E-state index contributed by atoms with van der Waals surface area (Å²) in [6.07, 6.45) is 2.71. The molecule has 3 aromatic rings. The lowest BCUT2D eigenvalue weighted by atomic mass is 10.2. The molecule has 178 valence electrons. The van der Waals surface area contributed by atoms with Crippen LogP contribution >= 0.6 is 23.2 Å². The molecule has 0 N–H and O–H groups in total. The number of halogens is 7. The summed E-state index contributed by atoms with van der Waals surface area (Å²) in [4.78, 5) is 14.9. The van der Waals surface area contributed by atoms with Crippen LogP contribution in [0.25, 0.3) is 17.4 Å². The van der Waals surface area contributed by atoms with E-state index in [4.69, 9.17) is 27.6 Å². The first-order chi connectivity index (χ1) is 16.2. The van der Waals surface area contributed by atoms with E-state index in [0.29, 0.717) is 27.1 Å². The highest BCUT2D eigenvalue weighted by molar-refractivity contribution is 6.43. The smallest absolute Gasteiger partial charge is 0.246 e. The van der Waals surface area contributed by atoms with Crippen molar-refractivity contribution in [2.24, 2.45) is 0 Å². The second-order valence-electron chi connectivity index (χ2n) is 7.37. The normalized spacial score (nSPS) is 14.3. The Morgan fingerprint density at radius 2 is 1.47 bits per heavy atom. The molecule has 1 aromatic heterocycles. The first-order valence-electron chi connectivity index (χ1n) is 9.96. The number of anilines is 1. The molecule has 0 bridgehead atoms. The molecule has 1 aliphatic rings. The van der Waals surface area contributed by atoms with Gasteiger partial charge in [0, 0.05) is 37.8 Å². The van der Waals surface area contributed by atoms with E-state index < -0.39 is 40.7 Å². The van der Waals surface area contributed by atoms with Gasteiger partial charge in [-0.3, -0.25) is 4.79 Å². The highest BCUT2D eigenvalue weighted by atomic mass is 35.5. The fourth-order valence-electron chi connectivity index (χ4n) is 3.56. The minimum atomic E-state index is -2.21. The monoisotopic (exact) mass is 516 g/mol. The van der Waals surface area contributed by atoms with Gasteiger partial charge in [-0.25, -0.2) is 22.0 Å². The number of furan rings is 1. The third-order valence-electron chi connectivity index (χ3n) is 5.33. The average Bonchev–Trinajstić information content (AvgIpc) is 3.31. The first-order valence-corrected chi connectivity index (χ1v) is 10.7. The predicted octanol–water partition coefficient (Wildman–Crippen LogP) is 6.31. The molecular formula is C23H15Cl2F5N2O2. The summed E-state index contributed by atoms with van der Waals surface area (Å²) in [5, 5.41) is 0.699. The van der Waals surface area contributed by atoms with E-state index in [1.165, 1.54) is 17.1 Å². The maximum atomic E-state index is 14.0. The lowest BCUT2D eigenvalue weighted by Crippen LogP contribution is -2.49. The molecular weight excluding hydrogens is 502 g/mol. The van der Waals surface area contributed by atoms with Crippen molar-refractivity contribution in [3.8, 4) is 11.3 Å². The fraction of sp³-hybridized carbons (Fsp3) is 0.174. The van der Waals surface area contributed by atoms with Crippen molar-refractivity contribution >= 4 is 40.9 Å².